The Morgan fingerprint density at radius 2 is 2.00 bits per heavy atom. The number of hydrogen-bond acceptors (Lipinski definition) is 4. The predicted molar refractivity (Wildman–Crippen MR) is 66.4 cm³/mol. The lowest BCUT2D eigenvalue weighted by Crippen LogP contribution is -2.22. The molecule has 0 aliphatic heterocycles. The molecule has 0 aromatic heterocycles. The van der Waals surface area contributed by atoms with Gasteiger partial charge < -0.3 is 5.11 Å². The van der Waals surface area contributed by atoms with Gasteiger partial charge in [-0.05, 0) is 13.1 Å². The molecule has 0 aliphatic carbocycles. The van der Waals surface area contributed by atoms with E-state index in [1.807, 2.05) is 18.7 Å². The van der Waals surface area contributed by atoms with Gasteiger partial charge in [-0.1, -0.05) is 25.4 Å². The number of nitro benzene ring substituents is 1. The Labute approximate surface area is 105 Å². The third-order valence-electron chi connectivity index (χ3n) is 2.63. The topological polar surface area (TPSA) is 66.6 Å². The van der Waals surface area contributed by atoms with Gasteiger partial charge >= 0.3 is 0 Å². The number of hydrogen-bond donors (Lipinski definition) is 1. The van der Waals surface area contributed by atoms with E-state index in [9.17, 15) is 15.2 Å². The summed E-state index contributed by atoms with van der Waals surface area (Å²) in [5.74, 6) is -0.0795. The zero-order valence-corrected chi connectivity index (χ0v) is 10.6. The van der Waals surface area contributed by atoms with Crippen molar-refractivity contribution in [2.45, 2.75) is 20.4 Å². The molecule has 0 spiro atoms. The number of benzene rings is 1. The molecule has 1 N–H and O–H groups in total. The molecular weight excluding hydrogens is 244 g/mol. The van der Waals surface area contributed by atoms with Gasteiger partial charge in [0.25, 0.3) is 5.69 Å². The van der Waals surface area contributed by atoms with Crippen LogP contribution in [0.2, 0.25) is 5.02 Å². The van der Waals surface area contributed by atoms with Crippen LogP contribution in [0.25, 0.3) is 0 Å². The molecule has 0 aliphatic rings. The van der Waals surface area contributed by atoms with Crippen LogP contribution >= 0.6 is 11.6 Å². The minimum absolute atomic E-state index is 0.0151. The molecule has 0 saturated carbocycles. The van der Waals surface area contributed by atoms with Gasteiger partial charge in [0.15, 0.2) is 0 Å². The highest BCUT2D eigenvalue weighted by atomic mass is 35.5. The second-order valence-corrected chi connectivity index (χ2v) is 4.06. The molecule has 0 fully saturated rings. The smallest absolute Gasteiger partial charge is 0.271 e. The lowest BCUT2D eigenvalue weighted by molar-refractivity contribution is -0.384. The fourth-order valence-electron chi connectivity index (χ4n) is 1.55. The van der Waals surface area contributed by atoms with Gasteiger partial charge in [0.2, 0.25) is 0 Å². The molecule has 94 valence electrons. The van der Waals surface area contributed by atoms with Crippen LogP contribution in [0.4, 0.5) is 5.69 Å². The Bertz CT molecular complexity index is 419. The van der Waals surface area contributed by atoms with E-state index < -0.39 is 4.92 Å². The van der Waals surface area contributed by atoms with Crippen molar-refractivity contribution >= 4 is 17.3 Å². The van der Waals surface area contributed by atoms with Crippen molar-refractivity contribution in [1.29, 1.82) is 0 Å². The molecule has 0 saturated heterocycles. The van der Waals surface area contributed by atoms with Crippen LogP contribution in [0.15, 0.2) is 12.1 Å². The number of aromatic hydroxyl groups is 1. The van der Waals surface area contributed by atoms with Crippen LogP contribution in [0.5, 0.6) is 5.75 Å². The number of halogens is 1. The number of nitro groups is 1. The number of phenolic OH excluding ortho intramolecular Hbond substituents is 1. The highest BCUT2D eigenvalue weighted by molar-refractivity contribution is 6.32. The first-order chi connectivity index (χ1) is 7.99. The van der Waals surface area contributed by atoms with E-state index in [0.717, 1.165) is 19.2 Å². The normalized spacial score (nSPS) is 10.8. The number of non-ortho nitro benzene ring substituents is 1. The van der Waals surface area contributed by atoms with Gasteiger partial charge in [-0.2, -0.15) is 0 Å². The number of phenols is 1. The monoisotopic (exact) mass is 258 g/mol. The predicted octanol–water partition coefficient (Wildman–Crippen LogP) is 2.80. The average Bonchev–Trinajstić information content (AvgIpc) is 2.30. The Hall–Kier alpha value is -1.33. The van der Waals surface area contributed by atoms with Crippen molar-refractivity contribution in [3.63, 3.8) is 0 Å². The van der Waals surface area contributed by atoms with Crippen LogP contribution in [0.3, 0.4) is 0 Å². The number of nitrogens with zero attached hydrogens (tertiary/aromatic N) is 2. The first-order valence-corrected chi connectivity index (χ1v) is 5.75. The van der Waals surface area contributed by atoms with Crippen molar-refractivity contribution in [3.8, 4) is 5.75 Å². The van der Waals surface area contributed by atoms with Crippen molar-refractivity contribution in [3.05, 3.63) is 32.8 Å². The van der Waals surface area contributed by atoms with Crippen LogP contribution in [0.1, 0.15) is 19.4 Å². The van der Waals surface area contributed by atoms with Crippen molar-refractivity contribution < 1.29 is 10.0 Å². The van der Waals surface area contributed by atoms with Crippen molar-refractivity contribution in [1.82, 2.24) is 4.90 Å². The summed E-state index contributed by atoms with van der Waals surface area (Å²) < 4.78 is 0. The molecule has 0 heterocycles. The van der Waals surface area contributed by atoms with Gasteiger partial charge in [0.05, 0.1) is 9.95 Å². The minimum Gasteiger partial charge on any atom is -0.506 e. The molecule has 6 heteroatoms. The Morgan fingerprint density at radius 3 is 2.47 bits per heavy atom. The molecule has 0 unspecified atom stereocenters. The molecule has 0 bridgehead atoms. The fraction of sp³-hybridized carbons (Fsp3) is 0.455. The largest absolute Gasteiger partial charge is 0.506 e. The maximum atomic E-state index is 10.7. The van der Waals surface area contributed by atoms with Crippen molar-refractivity contribution in [2.75, 3.05) is 13.1 Å². The Kier molecular flexibility index (Phi) is 4.72. The summed E-state index contributed by atoms with van der Waals surface area (Å²) in [7, 11) is 0. The molecule has 1 aromatic rings. The summed E-state index contributed by atoms with van der Waals surface area (Å²) in [5, 5.41) is 20.5. The molecule has 17 heavy (non-hydrogen) atoms. The van der Waals surface area contributed by atoms with Gasteiger partial charge in [0.1, 0.15) is 5.75 Å². The van der Waals surface area contributed by atoms with E-state index in [0.29, 0.717) is 12.1 Å². The van der Waals surface area contributed by atoms with Crippen LogP contribution in [-0.2, 0) is 6.54 Å². The van der Waals surface area contributed by atoms with Crippen LogP contribution < -0.4 is 0 Å². The first-order valence-electron chi connectivity index (χ1n) is 5.37. The van der Waals surface area contributed by atoms with E-state index >= 15 is 0 Å². The number of rotatable bonds is 5. The maximum absolute atomic E-state index is 10.7. The zero-order chi connectivity index (χ0) is 13.0. The summed E-state index contributed by atoms with van der Waals surface area (Å²) in [4.78, 5) is 12.2. The van der Waals surface area contributed by atoms with Gasteiger partial charge in [-0.15, -0.1) is 0 Å². The van der Waals surface area contributed by atoms with Gasteiger partial charge in [-0.3, -0.25) is 15.0 Å². The Balaban J connectivity index is 3.09. The maximum Gasteiger partial charge on any atom is 0.271 e. The SMILES string of the molecule is CCN(CC)Cc1cc([N+](=O)[O-])cc(Cl)c1O. The third-order valence-corrected chi connectivity index (χ3v) is 2.91. The van der Waals surface area contributed by atoms with E-state index in [1.54, 1.807) is 0 Å². The van der Waals surface area contributed by atoms with Crippen LogP contribution in [-0.4, -0.2) is 28.0 Å². The second-order valence-electron chi connectivity index (χ2n) is 3.65. The molecule has 0 amide bonds. The van der Waals surface area contributed by atoms with Crippen molar-refractivity contribution in [2.24, 2.45) is 0 Å². The molecule has 5 nitrogen and oxygen atoms in total. The first kappa shape index (κ1) is 13.7. The summed E-state index contributed by atoms with van der Waals surface area (Å²) in [6.45, 7) is 6.02. The highest BCUT2D eigenvalue weighted by Gasteiger charge is 2.16. The minimum atomic E-state index is -0.517. The zero-order valence-electron chi connectivity index (χ0n) is 9.81. The molecular formula is C11H15ClN2O3. The summed E-state index contributed by atoms with van der Waals surface area (Å²) in [6, 6.07) is 2.52. The second kappa shape index (κ2) is 5.84. The Morgan fingerprint density at radius 1 is 1.41 bits per heavy atom. The lowest BCUT2D eigenvalue weighted by atomic mass is 10.1. The van der Waals surface area contributed by atoms with Crippen LogP contribution in [0, 0.1) is 10.1 Å². The van der Waals surface area contributed by atoms with E-state index in [1.165, 1.54) is 6.07 Å². The van der Waals surface area contributed by atoms with Gasteiger partial charge in [-0.25, -0.2) is 0 Å². The summed E-state index contributed by atoms with van der Waals surface area (Å²) in [5.41, 5.74) is 0.378. The molecule has 1 aromatic carbocycles. The standard InChI is InChI=1S/C11H15ClN2O3/c1-3-13(4-2)7-8-5-9(14(16)17)6-10(12)11(8)15/h5-6,15H,3-4,7H2,1-2H3. The van der Waals surface area contributed by atoms with E-state index in [-0.39, 0.29) is 16.5 Å². The van der Waals surface area contributed by atoms with Gasteiger partial charge in [0, 0.05) is 24.2 Å². The van der Waals surface area contributed by atoms with E-state index in [4.69, 9.17) is 11.6 Å². The third kappa shape index (κ3) is 3.31. The highest BCUT2D eigenvalue weighted by Crippen LogP contribution is 2.32. The summed E-state index contributed by atoms with van der Waals surface area (Å²) in [6.07, 6.45) is 0. The molecule has 0 radical (unpaired) electrons. The summed E-state index contributed by atoms with van der Waals surface area (Å²) >= 11 is 5.76. The van der Waals surface area contributed by atoms with E-state index in [2.05, 4.69) is 0 Å². The molecule has 1 rings (SSSR count). The molecule has 0 atom stereocenters. The lowest BCUT2D eigenvalue weighted by Gasteiger charge is -2.18. The fourth-order valence-corrected chi connectivity index (χ4v) is 1.79. The quantitative estimate of drug-likeness (QED) is 0.651. The average molecular weight is 259 g/mol.